The molecule has 0 spiro atoms. The van der Waals surface area contributed by atoms with E-state index in [9.17, 15) is 22.8 Å². The zero-order chi connectivity index (χ0) is 16.3. The van der Waals surface area contributed by atoms with E-state index in [1.165, 1.54) is 25.1 Å². The highest BCUT2D eigenvalue weighted by atomic mass is 19.4. The third kappa shape index (κ3) is 3.52. The van der Waals surface area contributed by atoms with Gasteiger partial charge in [0.2, 0.25) is 0 Å². The Hall–Kier alpha value is -2.63. The van der Waals surface area contributed by atoms with E-state index in [1.807, 2.05) is 0 Å². The van der Waals surface area contributed by atoms with Crippen LogP contribution in [0.25, 0.3) is 0 Å². The number of amides is 1. The number of benzene rings is 2. The van der Waals surface area contributed by atoms with Crippen molar-refractivity contribution in [2.24, 2.45) is 0 Å². The van der Waals surface area contributed by atoms with E-state index in [0.717, 1.165) is 18.2 Å². The second kappa shape index (κ2) is 6.01. The van der Waals surface area contributed by atoms with Gasteiger partial charge >= 0.3 is 6.18 Å². The highest BCUT2D eigenvalue weighted by molar-refractivity contribution is 6.09. The molecule has 2 aromatic carbocycles. The van der Waals surface area contributed by atoms with Gasteiger partial charge in [-0.3, -0.25) is 9.59 Å². The predicted octanol–water partition coefficient (Wildman–Crippen LogP) is 4.16. The van der Waals surface area contributed by atoms with Gasteiger partial charge in [-0.15, -0.1) is 0 Å². The maximum absolute atomic E-state index is 12.7. The number of alkyl halides is 3. The van der Waals surface area contributed by atoms with Gasteiger partial charge in [-0.25, -0.2) is 0 Å². The van der Waals surface area contributed by atoms with E-state index in [0.29, 0.717) is 5.56 Å². The second-order valence-corrected chi connectivity index (χ2v) is 4.63. The summed E-state index contributed by atoms with van der Waals surface area (Å²) in [5, 5.41) is 2.46. The second-order valence-electron chi connectivity index (χ2n) is 4.63. The Morgan fingerprint density at radius 3 is 2.32 bits per heavy atom. The van der Waals surface area contributed by atoms with E-state index in [1.54, 1.807) is 12.1 Å². The van der Waals surface area contributed by atoms with Crippen molar-refractivity contribution in [1.29, 1.82) is 0 Å². The van der Waals surface area contributed by atoms with Crippen LogP contribution in [0.15, 0.2) is 48.5 Å². The van der Waals surface area contributed by atoms with Crippen molar-refractivity contribution in [2.75, 3.05) is 5.32 Å². The topological polar surface area (TPSA) is 46.2 Å². The largest absolute Gasteiger partial charge is 0.416 e. The molecule has 0 saturated carbocycles. The van der Waals surface area contributed by atoms with Gasteiger partial charge in [0.15, 0.2) is 5.78 Å². The van der Waals surface area contributed by atoms with Crippen LogP contribution in [0.2, 0.25) is 0 Å². The number of rotatable bonds is 3. The monoisotopic (exact) mass is 307 g/mol. The molecule has 0 unspecified atom stereocenters. The van der Waals surface area contributed by atoms with E-state index in [4.69, 9.17) is 0 Å². The van der Waals surface area contributed by atoms with E-state index in [-0.39, 0.29) is 17.0 Å². The van der Waals surface area contributed by atoms with Gasteiger partial charge in [-0.1, -0.05) is 18.2 Å². The molecule has 1 N–H and O–H groups in total. The molecular formula is C16H12F3NO2. The number of carbonyl (C=O) groups is 2. The summed E-state index contributed by atoms with van der Waals surface area (Å²) in [6.07, 6.45) is -4.52. The molecule has 0 aliphatic carbocycles. The number of carbonyl (C=O) groups excluding carboxylic acids is 2. The lowest BCUT2D eigenvalue weighted by Gasteiger charge is -2.11. The number of nitrogens with one attached hydrogen (secondary N) is 1. The van der Waals surface area contributed by atoms with Crippen LogP contribution in [0.4, 0.5) is 18.9 Å². The van der Waals surface area contributed by atoms with Gasteiger partial charge in [-0.2, -0.15) is 13.2 Å². The van der Waals surface area contributed by atoms with Crippen LogP contribution in [-0.2, 0) is 6.18 Å². The molecule has 0 radical (unpaired) electrons. The van der Waals surface area contributed by atoms with Gasteiger partial charge in [-0.05, 0) is 37.3 Å². The first-order valence-electron chi connectivity index (χ1n) is 6.37. The Morgan fingerprint density at radius 2 is 1.68 bits per heavy atom. The van der Waals surface area contributed by atoms with Crippen molar-refractivity contribution in [1.82, 2.24) is 0 Å². The molecule has 0 heterocycles. The van der Waals surface area contributed by atoms with Crippen molar-refractivity contribution in [2.45, 2.75) is 13.1 Å². The van der Waals surface area contributed by atoms with Crippen molar-refractivity contribution < 1.29 is 22.8 Å². The van der Waals surface area contributed by atoms with Gasteiger partial charge < -0.3 is 5.32 Å². The zero-order valence-corrected chi connectivity index (χ0v) is 11.6. The van der Waals surface area contributed by atoms with Crippen LogP contribution in [-0.4, -0.2) is 11.7 Å². The first kappa shape index (κ1) is 15.8. The number of ketones is 1. The fraction of sp³-hybridized carbons (Fsp3) is 0.125. The smallest absolute Gasteiger partial charge is 0.321 e. The molecule has 6 heteroatoms. The Bertz CT molecular complexity index is 723. The third-order valence-electron chi connectivity index (χ3n) is 3.01. The summed E-state index contributed by atoms with van der Waals surface area (Å²) in [6.45, 7) is 1.34. The number of halogens is 3. The van der Waals surface area contributed by atoms with Crippen LogP contribution in [0.3, 0.4) is 0 Å². The van der Waals surface area contributed by atoms with Crippen LogP contribution in [0, 0.1) is 0 Å². The SMILES string of the molecule is CC(=O)c1ccccc1NC(=O)c1cccc(C(F)(F)F)c1. The maximum atomic E-state index is 12.7. The fourth-order valence-corrected chi connectivity index (χ4v) is 1.93. The Labute approximate surface area is 124 Å². The summed E-state index contributed by atoms with van der Waals surface area (Å²) in [7, 11) is 0. The number of hydrogen-bond donors (Lipinski definition) is 1. The first-order chi connectivity index (χ1) is 10.3. The molecule has 114 valence electrons. The van der Waals surface area contributed by atoms with Gasteiger partial charge in [0, 0.05) is 11.1 Å². The summed E-state index contributed by atoms with van der Waals surface area (Å²) < 4.78 is 38.0. The lowest BCUT2D eigenvalue weighted by molar-refractivity contribution is -0.137. The minimum Gasteiger partial charge on any atom is -0.321 e. The number of hydrogen-bond acceptors (Lipinski definition) is 2. The maximum Gasteiger partial charge on any atom is 0.416 e. The number of anilines is 1. The van der Waals surface area contributed by atoms with E-state index >= 15 is 0 Å². The standard InChI is InChI=1S/C16H12F3NO2/c1-10(21)13-7-2-3-8-14(13)20-15(22)11-5-4-6-12(9-11)16(17,18)19/h2-9H,1H3,(H,20,22). The summed E-state index contributed by atoms with van der Waals surface area (Å²) in [5.41, 5.74) is -0.478. The van der Waals surface area contributed by atoms with Gasteiger partial charge in [0.05, 0.1) is 11.3 Å². The normalized spacial score (nSPS) is 11.1. The molecule has 0 aliphatic heterocycles. The third-order valence-corrected chi connectivity index (χ3v) is 3.01. The van der Waals surface area contributed by atoms with Crippen molar-refractivity contribution in [3.8, 4) is 0 Å². The van der Waals surface area contributed by atoms with Crippen molar-refractivity contribution in [3.63, 3.8) is 0 Å². The van der Waals surface area contributed by atoms with Gasteiger partial charge in [0.1, 0.15) is 0 Å². The molecule has 0 aromatic heterocycles. The minimum atomic E-state index is -4.52. The summed E-state index contributed by atoms with van der Waals surface area (Å²) in [6, 6.07) is 10.4. The molecule has 2 rings (SSSR count). The molecule has 0 atom stereocenters. The molecule has 0 bridgehead atoms. The van der Waals surface area contributed by atoms with E-state index in [2.05, 4.69) is 5.32 Å². The highest BCUT2D eigenvalue weighted by Crippen LogP contribution is 2.29. The molecule has 0 aliphatic rings. The minimum absolute atomic E-state index is 0.131. The fourth-order valence-electron chi connectivity index (χ4n) is 1.93. The summed E-state index contributed by atoms with van der Waals surface area (Å²) in [5.74, 6) is -0.959. The Balaban J connectivity index is 2.29. The first-order valence-corrected chi connectivity index (χ1v) is 6.37. The average molecular weight is 307 g/mol. The lowest BCUT2D eigenvalue weighted by atomic mass is 10.1. The highest BCUT2D eigenvalue weighted by Gasteiger charge is 2.30. The van der Waals surface area contributed by atoms with Crippen LogP contribution < -0.4 is 5.32 Å². The average Bonchev–Trinajstić information content (AvgIpc) is 2.47. The Kier molecular flexibility index (Phi) is 4.30. The van der Waals surface area contributed by atoms with Crippen LogP contribution in [0.1, 0.15) is 33.2 Å². The zero-order valence-electron chi connectivity index (χ0n) is 11.6. The Morgan fingerprint density at radius 1 is 1.00 bits per heavy atom. The lowest BCUT2D eigenvalue weighted by Crippen LogP contribution is -2.15. The number of Topliss-reactive ketones (excluding diaryl/α,β-unsaturated/α-hetero) is 1. The summed E-state index contributed by atoms with van der Waals surface area (Å²) in [4.78, 5) is 23.5. The number of para-hydroxylation sites is 1. The predicted molar refractivity (Wildman–Crippen MR) is 75.8 cm³/mol. The molecule has 0 saturated heterocycles. The van der Waals surface area contributed by atoms with E-state index < -0.39 is 17.6 Å². The molecule has 0 fully saturated rings. The van der Waals surface area contributed by atoms with Crippen LogP contribution >= 0.6 is 0 Å². The molecule has 3 nitrogen and oxygen atoms in total. The van der Waals surface area contributed by atoms with Gasteiger partial charge in [0.25, 0.3) is 5.91 Å². The van der Waals surface area contributed by atoms with Crippen molar-refractivity contribution in [3.05, 3.63) is 65.2 Å². The molecule has 1 amide bonds. The van der Waals surface area contributed by atoms with Crippen LogP contribution in [0.5, 0.6) is 0 Å². The molecule has 22 heavy (non-hydrogen) atoms. The quantitative estimate of drug-likeness (QED) is 0.865. The molecule has 2 aromatic rings. The molecular weight excluding hydrogens is 295 g/mol. The summed E-state index contributed by atoms with van der Waals surface area (Å²) >= 11 is 0. The van der Waals surface area contributed by atoms with Crippen molar-refractivity contribution >= 4 is 17.4 Å².